The molecule has 0 heterocycles. The van der Waals surface area contributed by atoms with E-state index in [1.807, 2.05) is 19.9 Å². The lowest BCUT2D eigenvalue weighted by molar-refractivity contribution is -0.146. The Morgan fingerprint density at radius 2 is 1.88 bits per heavy atom. The van der Waals surface area contributed by atoms with E-state index in [2.05, 4.69) is 20.8 Å². The minimum absolute atomic E-state index is 0.0327. The largest absolute Gasteiger partial charge is 0.461 e. The van der Waals surface area contributed by atoms with E-state index in [1.165, 1.54) is 18.4 Å². The van der Waals surface area contributed by atoms with Gasteiger partial charge >= 0.3 is 5.97 Å². The van der Waals surface area contributed by atoms with Crippen LogP contribution >= 0.6 is 0 Å². The molecule has 0 saturated heterocycles. The van der Waals surface area contributed by atoms with Crippen molar-refractivity contribution in [3.63, 3.8) is 0 Å². The van der Waals surface area contributed by atoms with Gasteiger partial charge in [-0.25, -0.2) is 0 Å². The Morgan fingerprint density at radius 1 is 1.25 bits per heavy atom. The molecule has 0 amide bonds. The normalized spacial score (nSPS) is 12.3. The van der Waals surface area contributed by atoms with Crippen LogP contribution in [0.15, 0.2) is 11.6 Å². The van der Waals surface area contributed by atoms with E-state index in [4.69, 9.17) is 4.74 Å². The summed E-state index contributed by atoms with van der Waals surface area (Å²) in [4.78, 5) is 11.2. The van der Waals surface area contributed by atoms with Gasteiger partial charge in [-0.2, -0.15) is 0 Å². The van der Waals surface area contributed by atoms with E-state index in [9.17, 15) is 4.79 Å². The van der Waals surface area contributed by atoms with Gasteiger partial charge in [0.05, 0.1) is 5.92 Å². The van der Waals surface area contributed by atoms with Crippen LogP contribution in [0.2, 0.25) is 0 Å². The molecule has 2 nitrogen and oxygen atoms in total. The number of allylic oxidation sites excluding steroid dienone is 1. The van der Waals surface area contributed by atoms with Crippen molar-refractivity contribution < 1.29 is 9.53 Å². The molecule has 0 aromatic rings. The second-order valence-electron chi connectivity index (χ2n) is 5.12. The van der Waals surface area contributed by atoms with Crippen molar-refractivity contribution in [1.82, 2.24) is 0 Å². The number of hydrogen-bond acceptors (Lipinski definition) is 2. The van der Waals surface area contributed by atoms with Crippen molar-refractivity contribution >= 4 is 5.97 Å². The summed E-state index contributed by atoms with van der Waals surface area (Å²) in [7, 11) is 0. The second kappa shape index (κ2) is 8.37. The molecule has 0 aliphatic heterocycles. The van der Waals surface area contributed by atoms with Gasteiger partial charge in [-0.1, -0.05) is 39.7 Å². The Hall–Kier alpha value is -0.790. The quantitative estimate of drug-likeness (QED) is 0.485. The molecule has 0 spiro atoms. The molecule has 94 valence electrons. The fourth-order valence-corrected chi connectivity index (χ4v) is 1.32. The second-order valence-corrected chi connectivity index (χ2v) is 5.12. The summed E-state index contributed by atoms with van der Waals surface area (Å²) in [5.74, 6) is 0.618. The zero-order valence-corrected chi connectivity index (χ0v) is 11.4. The molecule has 0 rings (SSSR count). The maximum absolute atomic E-state index is 11.2. The minimum Gasteiger partial charge on any atom is -0.461 e. The topological polar surface area (TPSA) is 26.3 Å². The summed E-state index contributed by atoms with van der Waals surface area (Å²) in [5.41, 5.74) is 1.32. The van der Waals surface area contributed by atoms with Crippen LogP contribution in [-0.2, 0) is 9.53 Å². The van der Waals surface area contributed by atoms with Gasteiger partial charge in [0.15, 0.2) is 0 Å². The molecular formula is C14H26O2. The molecule has 0 radical (unpaired) electrons. The summed E-state index contributed by atoms with van der Waals surface area (Å²) >= 11 is 0. The molecular weight excluding hydrogens is 200 g/mol. The first-order valence-electron chi connectivity index (χ1n) is 6.25. The maximum atomic E-state index is 11.2. The zero-order chi connectivity index (χ0) is 12.6. The van der Waals surface area contributed by atoms with E-state index in [-0.39, 0.29) is 11.9 Å². The van der Waals surface area contributed by atoms with Crippen LogP contribution in [0, 0.1) is 11.8 Å². The number of esters is 1. The van der Waals surface area contributed by atoms with Crippen molar-refractivity contribution in [2.75, 3.05) is 6.61 Å². The third-order valence-electron chi connectivity index (χ3n) is 2.48. The highest BCUT2D eigenvalue weighted by Gasteiger charge is 2.06. The Kier molecular flexibility index (Phi) is 7.96. The summed E-state index contributed by atoms with van der Waals surface area (Å²) in [6.45, 7) is 10.7. The number of hydrogen-bond donors (Lipinski definition) is 0. The SMILES string of the molecule is C/C(=C/COC(=O)C(C)C)CCCC(C)C. The maximum Gasteiger partial charge on any atom is 0.308 e. The molecule has 0 N–H and O–H groups in total. The third kappa shape index (κ3) is 8.51. The molecule has 2 heteroatoms. The lowest BCUT2D eigenvalue weighted by Crippen LogP contribution is -2.11. The Morgan fingerprint density at radius 3 is 2.38 bits per heavy atom. The lowest BCUT2D eigenvalue weighted by Gasteiger charge is -2.06. The van der Waals surface area contributed by atoms with Crippen molar-refractivity contribution in [2.24, 2.45) is 11.8 Å². The molecule has 0 aliphatic rings. The fourth-order valence-electron chi connectivity index (χ4n) is 1.32. The molecule has 0 saturated carbocycles. The molecule has 16 heavy (non-hydrogen) atoms. The Balaban J connectivity index is 3.66. The Bertz CT molecular complexity index is 227. The first kappa shape index (κ1) is 15.2. The monoisotopic (exact) mass is 226 g/mol. The van der Waals surface area contributed by atoms with Crippen LogP contribution in [-0.4, -0.2) is 12.6 Å². The summed E-state index contributed by atoms with van der Waals surface area (Å²) in [6.07, 6.45) is 5.60. The highest BCUT2D eigenvalue weighted by molar-refractivity contribution is 5.71. The van der Waals surface area contributed by atoms with Crippen LogP contribution in [0.4, 0.5) is 0 Å². The average molecular weight is 226 g/mol. The van der Waals surface area contributed by atoms with Crippen LogP contribution in [0.25, 0.3) is 0 Å². The fraction of sp³-hybridized carbons (Fsp3) is 0.786. The van der Waals surface area contributed by atoms with E-state index in [1.54, 1.807) is 0 Å². The number of rotatable bonds is 7. The van der Waals surface area contributed by atoms with Gasteiger partial charge < -0.3 is 4.74 Å². The van der Waals surface area contributed by atoms with Gasteiger partial charge in [0, 0.05) is 0 Å². The summed E-state index contributed by atoms with van der Waals surface area (Å²) < 4.78 is 5.09. The number of carbonyl (C=O) groups is 1. The highest BCUT2D eigenvalue weighted by Crippen LogP contribution is 2.11. The summed E-state index contributed by atoms with van der Waals surface area (Å²) in [5, 5.41) is 0. The molecule has 0 aromatic heterocycles. The zero-order valence-electron chi connectivity index (χ0n) is 11.4. The molecule has 0 bridgehead atoms. The molecule has 0 aromatic carbocycles. The standard InChI is InChI=1S/C14H26O2/c1-11(2)7-6-8-13(5)9-10-16-14(15)12(3)4/h9,11-12H,6-8,10H2,1-5H3/b13-9-. The van der Waals surface area contributed by atoms with E-state index >= 15 is 0 Å². The van der Waals surface area contributed by atoms with E-state index in [0.717, 1.165) is 12.3 Å². The predicted octanol–water partition coefficient (Wildman–Crippen LogP) is 3.96. The summed E-state index contributed by atoms with van der Waals surface area (Å²) in [6, 6.07) is 0. The van der Waals surface area contributed by atoms with Crippen molar-refractivity contribution in [2.45, 2.75) is 53.9 Å². The van der Waals surface area contributed by atoms with Gasteiger partial charge in [-0.15, -0.1) is 0 Å². The highest BCUT2D eigenvalue weighted by atomic mass is 16.5. The number of carbonyl (C=O) groups excluding carboxylic acids is 1. The van der Waals surface area contributed by atoms with Crippen LogP contribution in [0.1, 0.15) is 53.9 Å². The van der Waals surface area contributed by atoms with Crippen LogP contribution in [0.5, 0.6) is 0 Å². The van der Waals surface area contributed by atoms with Gasteiger partial charge in [0.2, 0.25) is 0 Å². The number of ether oxygens (including phenoxy) is 1. The Labute approximate surface area is 100 Å². The first-order valence-corrected chi connectivity index (χ1v) is 6.25. The van der Waals surface area contributed by atoms with Crippen molar-refractivity contribution in [1.29, 1.82) is 0 Å². The van der Waals surface area contributed by atoms with Gasteiger partial charge in [-0.3, -0.25) is 4.79 Å². The predicted molar refractivity (Wildman–Crippen MR) is 68.2 cm³/mol. The third-order valence-corrected chi connectivity index (χ3v) is 2.48. The van der Waals surface area contributed by atoms with E-state index in [0.29, 0.717) is 6.61 Å². The molecule has 0 fully saturated rings. The molecule has 0 atom stereocenters. The average Bonchev–Trinajstić information content (AvgIpc) is 2.16. The van der Waals surface area contributed by atoms with Crippen molar-refractivity contribution in [3.8, 4) is 0 Å². The first-order chi connectivity index (χ1) is 7.43. The van der Waals surface area contributed by atoms with Gasteiger partial charge in [-0.05, 0) is 31.8 Å². The van der Waals surface area contributed by atoms with Crippen LogP contribution in [0.3, 0.4) is 0 Å². The lowest BCUT2D eigenvalue weighted by atomic mass is 10.0. The van der Waals surface area contributed by atoms with Crippen molar-refractivity contribution in [3.05, 3.63) is 11.6 Å². The van der Waals surface area contributed by atoms with Crippen LogP contribution < -0.4 is 0 Å². The smallest absolute Gasteiger partial charge is 0.308 e. The van der Waals surface area contributed by atoms with Gasteiger partial charge in [0.1, 0.15) is 6.61 Å². The van der Waals surface area contributed by atoms with E-state index < -0.39 is 0 Å². The minimum atomic E-state index is -0.119. The molecule has 0 aliphatic carbocycles. The van der Waals surface area contributed by atoms with Gasteiger partial charge in [0.25, 0.3) is 0 Å². The molecule has 0 unspecified atom stereocenters.